The highest BCUT2D eigenvalue weighted by Gasteiger charge is 2.09. The van der Waals surface area contributed by atoms with Crippen molar-refractivity contribution in [1.29, 1.82) is 0 Å². The molecule has 0 aliphatic carbocycles. The van der Waals surface area contributed by atoms with Crippen molar-refractivity contribution in [3.05, 3.63) is 52.5 Å². The van der Waals surface area contributed by atoms with Gasteiger partial charge in [0.05, 0.1) is 5.02 Å². The van der Waals surface area contributed by atoms with Gasteiger partial charge in [-0.05, 0) is 37.1 Å². The topological polar surface area (TPSA) is 48.2 Å². The lowest BCUT2D eigenvalue weighted by atomic mass is 10.1. The van der Waals surface area contributed by atoms with E-state index in [-0.39, 0.29) is 6.61 Å². The van der Waals surface area contributed by atoms with Crippen molar-refractivity contribution in [2.75, 3.05) is 0 Å². The zero-order valence-electron chi connectivity index (χ0n) is 11.2. The van der Waals surface area contributed by atoms with E-state index in [1.807, 2.05) is 32.0 Å². The Hall–Kier alpha value is -2.07. The Balaban J connectivity index is 1.81. The Bertz CT molecular complexity index is 768. The summed E-state index contributed by atoms with van der Waals surface area (Å²) in [6.07, 6.45) is 1.53. The minimum atomic E-state index is 0.262. The number of fused-ring (bicyclic) bond motifs is 1. The van der Waals surface area contributed by atoms with E-state index in [2.05, 4.69) is 9.97 Å². The third kappa shape index (κ3) is 2.47. The maximum atomic E-state index is 5.86. The predicted molar refractivity (Wildman–Crippen MR) is 77.1 cm³/mol. The van der Waals surface area contributed by atoms with Gasteiger partial charge in [-0.25, -0.2) is 9.97 Å². The van der Waals surface area contributed by atoms with Crippen LogP contribution in [0.15, 0.2) is 34.9 Å². The SMILES string of the molecule is Cc1cccc(OCc2nc3cc(Cl)cnc3o2)c1C. The minimum Gasteiger partial charge on any atom is -0.484 e. The summed E-state index contributed by atoms with van der Waals surface area (Å²) in [5, 5.41) is 0.535. The first-order chi connectivity index (χ1) is 9.63. The molecular formula is C15H13ClN2O2. The average molecular weight is 289 g/mol. The number of benzene rings is 1. The van der Waals surface area contributed by atoms with Gasteiger partial charge in [-0.3, -0.25) is 0 Å². The number of aryl methyl sites for hydroxylation is 1. The number of pyridine rings is 1. The van der Waals surface area contributed by atoms with Crippen LogP contribution < -0.4 is 4.74 Å². The van der Waals surface area contributed by atoms with Crippen molar-refractivity contribution in [3.8, 4) is 5.75 Å². The summed E-state index contributed by atoms with van der Waals surface area (Å²) in [6.45, 7) is 4.34. The molecule has 0 atom stereocenters. The molecule has 20 heavy (non-hydrogen) atoms. The van der Waals surface area contributed by atoms with E-state index in [0.29, 0.717) is 22.1 Å². The predicted octanol–water partition coefficient (Wildman–Crippen LogP) is 4.07. The summed E-state index contributed by atoms with van der Waals surface area (Å²) in [7, 11) is 0. The molecule has 0 bridgehead atoms. The van der Waals surface area contributed by atoms with Gasteiger partial charge in [0.15, 0.2) is 6.61 Å². The van der Waals surface area contributed by atoms with Gasteiger partial charge in [0.2, 0.25) is 11.6 Å². The lowest BCUT2D eigenvalue weighted by Gasteiger charge is -2.08. The molecule has 0 saturated heterocycles. The third-order valence-corrected chi connectivity index (χ3v) is 3.37. The summed E-state index contributed by atoms with van der Waals surface area (Å²) in [5.41, 5.74) is 3.41. The second-order valence-electron chi connectivity index (χ2n) is 4.57. The summed E-state index contributed by atoms with van der Waals surface area (Å²) in [4.78, 5) is 8.37. The molecule has 0 unspecified atom stereocenters. The van der Waals surface area contributed by atoms with Crippen LogP contribution in [-0.4, -0.2) is 9.97 Å². The molecule has 0 radical (unpaired) electrons. The molecule has 0 aliphatic heterocycles. The van der Waals surface area contributed by atoms with Crippen molar-refractivity contribution >= 4 is 22.8 Å². The summed E-state index contributed by atoms with van der Waals surface area (Å²) >= 11 is 5.86. The number of aromatic nitrogens is 2. The van der Waals surface area contributed by atoms with E-state index < -0.39 is 0 Å². The number of oxazole rings is 1. The first-order valence-electron chi connectivity index (χ1n) is 6.23. The van der Waals surface area contributed by atoms with Crippen molar-refractivity contribution in [2.24, 2.45) is 0 Å². The highest BCUT2D eigenvalue weighted by molar-refractivity contribution is 6.30. The molecule has 2 heterocycles. The zero-order valence-corrected chi connectivity index (χ0v) is 11.9. The molecule has 2 aromatic heterocycles. The van der Waals surface area contributed by atoms with Gasteiger partial charge < -0.3 is 9.15 Å². The summed E-state index contributed by atoms with van der Waals surface area (Å²) in [6, 6.07) is 7.66. The molecule has 0 aliphatic rings. The fraction of sp³-hybridized carbons (Fsp3) is 0.200. The summed E-state index contributed by atoms with van der Waals surface area (Å²) < 4.78 is 11.3. The fourth-order valence-electron chi connectivity index (χ4n) is 1.93. The summed E-state index contributed by atoms with van der Waals surface area (Å²) in [5.74, 6) is 1.31. The van der Waals surface area contributed by atoms with Gasteiger partial charge in [-0.1, -0.05) is 23.7 Å². The lowest BCUT2D eigenvalue weighted by Crippen LogP contribution is -1.98. The Morgan fingerprint density at radius 2 is 2.15 bits per heavy atom. The maximum absolute atomic E-state index is 5.86. The highest BCUT2D eigenvalue weighted by atomic mass is 35.5. The molecule has 102 valence electrons. The van der Waals surface area contributed by atoms with Crippen LogP contribution in [-0.2, 0) is 6.61 Å². The van der Waals surface area contributed by atoms with Crippen LogP contribution in [0.25, 0.3) is 11.2 Å². The van der Waals surface area contributed by atoms with E-state index in [0.717, 1.165) is 11.3 Å². The number of halogens is 1. The monoisotopic (exact) mass is 288 g/mol. The number of ether oxygens (including phenoxy) is 1. The van der Waals surface area contributed by atoms with E-state index in [1.165, 1.54) is 11.8 Å². The molecule has 3 rings (SSSR count). The van der Waals surface area contributed by atoms with Crippen molar-refractivity contribution < 1.29 is 9.15 Å². The second-order valence-corrected chi connectivity index (χ2v) is 5.01. The lowest BCUT2D eigenvalue weighted by molar-refractivity contribution is 0.265. The van der Waals surface area contributed by atoms with E-state index in [9.17, 15) is 0 Å². The van der Waals surface area contributed by atoms with Crippen molar-refractivity contribution in [3.63, 3.8) is 0 Å². The Kier molecular flexibility index (Phi) is 3.32. The molecule has 0 fully saturated rings. The number of rotatable bonds is 3. The molecule has 5 heteroatoms. The number of hydrogen-bond acceptors (Lipinski definition) is 4. The molecule has 0 amide bonds. The maximum Gasteiger partial charge on any atom is 0.247 e. The third-order valence-electron chi connectivity index (χ3n) is 3.16. The smallest absolute Gasteiger partial charge is 0.247 e. The Morgan fingerprint density at radius 1 is 1.30 bits per heavy atom. The van der Waals surface area contributed by atoms with E-state index in [1.54, 1.807) is 6.07 Å². The van der Waals surface area contributed by atoms with Gasteiger partial charge in [0.25, 0.3) is 0 Å². The fourth-order valence-corrected chi connectivity index (χ4v) is 2.08. The Labute approximate surface area is 121 Å². The molecule has 1 aromatic carbocycles. The van der Waals surface area contributed by atoms with Crippen LogP contribution in [0.5, 0.6) is 5.75 Å². The standard InChI is InChI=1S/C15H13ClN2O2/c1-9-4-3-5-13(10(9)2)19-8-14-18-12-6-11(16)7-17-15(12)20-14/h3-7H,8H2,1-2H3. The number of nitrogens with zero attached hydrogens (tertiary/aromatic N) is 2. The second kappa shape index (κ2) is 5.13. The molecular weight excluding hydrogens is 276 g/mol. The quantitative estimate of drug-likeness (QED) is 0.729. The van der Waals surface area contributed by atoms with Crippen LogP contribution in [0, 0.1) is 13.8 Å². The van der Waals surface area contributed by atoms with Crippen LogP contribution in [0.3, 0.4) is 0 Å². The molecule has 0 spiro atoms. The minimum absolute atomic E-state index is 0.262. The first-order valence-corrected chi connectivity index (χ1v) is 6.61. The van der Waals surface area contributed by atoms with Crippen molar-refractivity contribution in [2.45, 2.75) is 20.5 Å². The largest absolute Gasteiger partial charge is 0.484 e. The molecule has 3 aromatic rings. The first kappa shape index (κ1) is 12.9. The van der Waals surface area contributed by atoms with Crippen LogP contribution in [0.2, 0.25) is 5.02 Å². The zero-order chi connectivity index (χ0) is 14.1. The van der Waals surface area contributed by atoms with Gasteiger partial charge in [-0.2, -0.15) is 0 Å². The van der Waals surface area contributed by atoms with E-state index in [4.69, 9.17) is 20.8 Å². The molecule has 0 saturated carbocycles. The van der Waals surface area contributed by atoms with Gasteiger partial charge in [-0.15, -0.1) is 0 Å². The molecule has 0 N–H and O–H groups in total. The van der Waals surface area contributed by atoms with Crippen LogP contribution >= 0.6 is 11.6 Å². The van der Waals surface area contributed by atoms with E-state index >= 15 is 0 Å². The van der Waals surface area contributed by atoms with Gasteiger partial charge >= 0.3 is 0 Å². The van der Waals surface area contributed by atoms with Crippen molar-refractivity contribution in [1.82, 2.24) is 9.97 Å². The highest BCUT2D eigenvalue weighted by Crippen LogP contribution is 2.23. The van der Waals surface area contributed by atoms with Gasteiger partial charge in [0.1, 0.15) is 11.3 Å². The number of hydrogen-bond donors (Lipinski definition) is 0. The van der Waals surface area contributed by atoms with Crippen LogP contribution in [0.1, 0.15) is 17.0 Å². The van der Waals surface area contributed by atoms with Gasteiger partial charge in [0, 0.05) is 6.20 Å². The average Bonchev–Trinajstić information content (AvgIpc) is 2.82. The Morgan fingerprint density at radius 3 is 3.00 bits per heavy atom. The normalized spacial score (nSPS) is 10.9. The van der Waals surface area contributed by atoms with Crippen LogP contribution in [0.4, 0.5) is 0 Å². The molecule has 4 nitrogen and oxygen atoms in total.